The lowest BCUT2D eigenvalue weighted by Gasteiger charge is -2.12. The van der Waals surface area contributed by atoms with Crippen LogP contribution in [0.1, 0.15) is 60.3 Å². The largest absolute Gasteiger partial charge is 0.478 e. The van der Waals surface area contributed by atoms with Gasteiger partial charge in [0.1, 0.15) is 23.7 Å². The van der Waals surface area contributed by atoms with Crippen LogP contribution in [-0.4, -0.2) is 57.4 Å². The van der Waals surface area contributed by atoms with Crippen LogP contribution in [-0.2, 0) is 9.59 Å². The van der Waals surface area contributed by atoms with Gasteiger partial charge in [0.15, 0.2) is 5.82 Å². The number of carboxylic acid groups (broad SMARTS) is 2. The van der Waals surface area contributed by atoms with Crippen LogP contribution in [0.25, 0.3) is 17.2 Å². The number of benzene rings is 1. The summed E-state index contributed by atoms with van der Waals surface area (Å²) in [6.07, 6.45) is 8.71. The minimum Gasteiger partial charge on any atom is -0.478 e. The molecule has 0 saturated heterocycles. The molecule has 1 amide bonds. The van der Waals surface area contributed by atoms with E-state index in [1.54, 1.807) is 36.9 Å². The van der Waals surface area contributed by atoms with E-state index in [1.165, 1.54) is 6.07 Å². The second-order valence-electron chi connectivity index (χ2n) is 9.63. The molecule has 3 N–H and O–H groups in total. The summed E-state index contributed by atoms with van der Waals surface area (Å²) in [6.45, 7) is 5.85. The first-order valence-electron chi connectivity index (χ1n) is 12.7. The second kappa shape index (κ2) is 12.3. The van der Waals surface area contributed by atoms with Crippen molar-refractivity contribution in [3.05, 3.63) is 84.0 Å². The second-order valence-corrected chi connectivity index (χ2v) is 9.63. The molecule has 4 aromatic rings. The predicted octanol–water partition coefficient (Wildman–Crippen LogP) is 4.40. The van der Waals surface area contributed by atoms with Gasteiger partial charge in [-0.2, -0.15) is 0 Å². The van der Waals surface area contributed by atoms with Gasteiger partial charge >= 0.3 is 11.9 Å². The summed E-state index contributed by atoms with van der Waals surface area (Å²) in [5.41, 5.74) is 2.97. The molecule has 1 aliphatic carbocycles. The molecule has 5 rings (SSSR count). The van der Waals surface area contributed by atoms with Gasteiger partial charge in [-0.1, -0.05) is 6.07 Å². The number of hydrogen-bond acceptors (Lipinski definition) is 7. The Morgan fingerprint density at radius 1 is 1.10 bits per heavy atom. The number of carbonyl (C=O) groups excluding carboxylic acids is 1. The number of carboxylic acids is 2. The highest BCUT2D eigenvalue weighted by atomic mass is 19.1. The Balaban J connectivity index is 0.000000426. The van der Waals surface area contributed by atoms with E-state index in [1.807, 2.05) is 36.1 Å². The van der Waals surface area contributed by atoms with Crippen LogP contribution in [0.2, 0.25) is 0 Å². The predicted molar refractivity (Wildman–Crippen MR) is 146 cm³/mol. The number of nitrogens with zero attached hydrogens (tertiary/aromatic N) is 6. The molecular weight excluding hydrogens is 533 g/mol. The lowest BCUT2D eigenvalue weighted by molar-refractivity contribution is -0.134. The quantitative estimate of drug-likeness (QED) is 0.264. The number of hydrogen-bond donors (Lipinski definition) is 3. The summed E-state index contributed by atoms with van der Waals surface area (Å²) in [5, 5.41) is 26.4. The third kappa shape index (κ3) is 7.26. The molecule has 1 saturated carbocycles. The third-order valence-electron chi connectivity index (χ3n) is 6.12. The number of pyridine rings is 1. The van der Waals surface area contributed by atoms with E-state index < -0.39 is 23.7 Å². The van der Waals surface area contributed by atoms with Gasteiger partial charge in [0.2, 0.25) is 0 Å². The molecule has 3 aromatic heterocycles. The van der Waals surface area contributed by atoms with Gasteiger partial charge in [-0.15, -0.1) is 10.2 Å². The standard InChI is InChI=1S/C24H24FN7O.C4H4O4/c1-14(2)32-13-27-30-23(32)19-5-4-6-22(28-19)29-24(33)17-10-21(15(3)9-18(17)25)31-11-20(26-12-31)16-7-8-16;5-3(6)1-2-4(7)8/h4-6,9-14,16H,7-8H2,1-3H3,(H,28,29,33);1-2H,(H,5,6)(H,7,8)/b;2-1+. The van der Waals surface area contributed by atoms with Gasteiger partial charge in [0, 0.05) is 30.3 Å². The molecule has 0 spiro atoms. The molecule has 0 unspecified atom stereocenters. The molecular formula is C28H28FN7O5. The molecule has 12 nitrogen and oxygen atoms in total. The number of anilines is 1. The highest BCUT2D eigenvalue weighted by Crippen LogP contribution is 2.39. The highest BCUT2D eigenvalue weighted by Gasteiger charge is 2.26. The van der Waals surface area contributed by atoms with Crippen molar-refractivity contribution < 1.29 is 29.0 Å². The Kier molecular flexibility index (Phi) is 8.66. The number of aliphatic carboxylic acids is 2. The maximum absolute atomic E-state index is 14.8. The number of aromatic nitrogens is 6. The van der Waals surface area contributed by atoms with E-state index in [-0.39, 0.29) is 11.6 Å². The number of rotatable bonds is 8. The van der Waals surface area contributed by atoms with Gasteiger partial charge in [-0.25, -0.2) is 23.9 Å². The van der Waals surface area contributed by atoms with Crippen molar-refractivity contribution in [1.29, 1.82) is 0 Å². The molecule has 0 bridgehead atoms. The van der Waals surface area contributed by atoms with E-state index in [4.69, 9.17) is 10.2 Å². The molecule has 1 fully saturated rings. The van der Waals surface area contributed by atoms with Crippen LogP contribution in [0, 0.1) is 12.7 Å². The zero-order valence-corrected chi connectivity index (χ0v) is 22.5. The van der Waals surface area contributed by atoms with Crippen LogP contribution in [0.15, 0.2) is 61.3 Å². The van der Waals surface area contributed by atoms with Crippen LogP contribution in [0.3, 0.4) is 0 Å². The number of amides is 1. The highest BCUT2D eigenvalue weighted by molar-refractivity contribution is 6.04. The van der Waals surface area contributed by atoms with Crippen molar-refractivity contribution in [1.82, 2.24) is 29.3 Å². The summed E-state index contributed by atoms with van der Waals surface area (Å²) in [5.74, 6) is -2.28. The Bertz CT molecular complexity index is 1610. The third-order valence-corrected chi connectivity index (χ3v) is 6.12. The first kappa shape index (κ1) is 28.8. The molecule has 1 aromatic carbocycles. The van der Waals surface area contributed by atoms with E-state index >= 15 is 0 Å². The molecule has 41 heavy (non-hydrogen) atoms. The zero-order valence-electron chi connectivity index (χ0n) is 22.5. The molecule has 13 heteroatoms. The van der Waals surface area contributed by atoms with Gasteiger partial charge in [0.05, 0.1) is 23.3 Å². The fraction of sp³-hybridized carbons (Fsp3) is 0.250. The Labute approximate surface area is 234 Å². The average molecular weight is 562 g/mol. The molecule has 1 aliphatic rings. The summed E-state index contributed by atoms with van der Waals surface area (Å²) in [6, 6.07) is 8.29. The van der Waals surface area contributed by atoms with Crippen LogP contribution >= 0.6 is 0 Å². The first-order chi connectivity index (χ1) is 19.5. The SMILES string of the molecule is Cc1cc(F)c(C(=O)Nc2cccc(-c3nncn3C(C)C)n2)cc1-n1cnc(C2CC2)c1.O=C(O)/C=C/C(=O)O. The fourth-order valence-electron chi connectivity index (χ4n) is 3.93. The van der Waals surface area contributed by atoms with Crippen LogP contribution in [0.5, 0.6) is 0 Å². The monoisotopic (exact) mass is 561 g/mol. The molecule has 212 valence electrons. The zero-order chi connectivity index (χ0) is 29.7. The van der Waals surface area contributed by atoms with Gasteiger partial charge in [-0.3, -0.25) is 4.79 Å². The van der Waals surface area contributed by atoms with Gasteiger partial charge < -0.3 is 24.7 Å². The van der Waals surface area contributed by atoms with E-state index in [0.29, 0.717) is 41.1 Å². The Morgan fingerprint density at radius 2 is 1.80 bits per heavy atom. The summed E-state index contributed by atoms with van der Waals surface area (Å²) in [7, 11) is 0. The number of aryl methyl sites for hydroxylation is 1. The van der Waals surface area contributed by atoms with E-state index in [9.17, 15) is 18.8 Å². The number of halogens is 1. The molecule has 0 aliphatic heterocycles. The van der Waals surface area contributed by atoms with Crippen LogP contribution in [0.4, 0.5) is 10.2 Å². The summed E-state index contributed by atoms with van der Waals surface area (Å²) < 4.78 is 18.5. The maximum Gasteiger partial charge on any atom is 0.328 e. The summed E-state index contributed by atoms with van der Waals surface area (Å²) in [4.78, 5) is 41.0. The minimum atomic E-state index is -1.26. The van der Waals surface area contributed by atoms with E-state index in [0.717, 1.165) is 24.1 Å². The van der Waals surface area contributed by atoms with Crippen molar-refractivity contribution in [3.63, 3.8) is 0 Å². The van der Waals surface area contributed by atoms with Crippen molar-refractivity contribution in [2.75, 3.05) is 5.32 Å². The normalized spacial score (nSPS) is 12.7. The lowest BCUT2D eigenvalue weighted by Crippen LogP contribution is -2.16. The van der Waals surface area contributed by atoms with Crippen molar-refractivity contribution in [2.24, 2.45) is 0 Å². The first-order valence-corrected chi connectivity index (χ1v) is 12.7. The smallest absolute Gasteiger partial charge is 0.328 e. The van der Waals surface area contributed by atoms with Crippen molar-refractivity contribution >= 4 is 23.7 Å². The average Bonchev–Trinajstić information content (AvgIpc) is 3.43. The van der Waals surface area contributed by atoms with Crippen molar-refractivity contribution in [2.45, 2.75) is 45.6 Å². The Hall–Kier alpha value is -5.20. The number of imidazole rings is 1. The van der Waals surface area contributed by atoms with Crippen molar-refractivity contribution in [3.8, 4) is 17.2 Å². The molecule has 0 atom stereocenters. The molecule has 0 radical (unpaired) electrons. The number of carbonyl (C=O) groups is 3. The maximum atomic E-state index is 14.8. The lowest BCUT2D eigenvalue weighted by atomic mass is 10.1. The minimum absolute atomic E-state index is 0.0603. The molecule has 3 heterocycles. The van der Waals surface area contributed by atoms with Gasteiger partial charge in [0.25, 0.3) is 5.91 Å². The van der Waals surface area contributed by atoms with E-state index in [2.05, 4.69) is 25.5 Å². The fourth-order valence-corrected chi connectivity index (χ4v) is 3.93. The summed E-state index contributed by atoms with van der Waals surface area (Å²) >= 11 is 0. The van der Waals surface area contributed by atoms with Gasteiger partial charge in [-0.05, 0) is 63.4 Å². The van der Waals surface area contributed by atoms with Crippen LogP contribution < -0.4 is 5.32 Å². The number of nitrogens with one attached hydrogen (secondary N) is 1. The Morgan fingerprint density at radius 3 is 2.44 bits per heavy atom. The topological polar surface area (TPSA) is 165 Å².